The molecule has 0 saturated heterocycles. The average molecular weight is 255 g/mol. The van der Waals surface area contributed by atoms with Crippen LogP contribution in [0.2, 0.25) is 0 Å². The molecule has 0 aromatic heterocycles. The van der Waals surface area contributed by atoms with Crippen molar-refractivity contribution in [2.45, 2.75) is 24.8 Å². The van der Waals surface area contributed by atoms with Crippen LogP contribution in [0.5, 0.6) is 0 Å². The number of fused-ring (bicyclic) bond motifs is 1. The summed E-state index contributed by atoms with van der Waals surface area (Å²) < 4.78 is 12.9. The quantitative estimate of drug-likeness (QED) is 0.884. The van der Waals surface area contributed by atoms with Crippen LogP contribution in [0, 0.1) is 5.82 Å². The Morgan fingerprint density at radius 1 is 1.16 bits per heavy atom. The van der Waals surface area contributed by atoms with Gasteiger partial charge in [0.2, 0.25) is 0 Å². The van der Waals surface area contributed by atoms with Gasteiger partial charge in [0, 0.05) is 12.0 Å². The minimum Gasteiger partial charge on any atom is -0.316 e. The summed E-state index contributed by atoms with van der Waals surface area (Å²) in [5, 5.41) is 3.41. The molecule has 0 bridgehead atoms. The summed E-state index contributed by atoms with van der Waals surface area (Å²) in [5.74, 6) is 0.407. The lowest BCUT2D eigenvalue weighted by Crippen LogP contribution is -2.39. The average Bonchev–Trinajstić information content (AvgIpc) is 2.41. The molecule has 0 radical (unpaired) electrons. The lowest BCUT2D eigenvalue weighted by molar-refractivity contribution is 0.422. The Morgan fingerprint density at radius 2 is 1.89 bits per heavy atom. The van der Waals surface area contributed by atoms with Crippen LogP contribution in [0.3, 0.4) is 0 Å². The maximum atomic E-state index is 12.9. The second kappa shape index (κ2) is 5.14. The highest BCUT2D eigenvalue weighted by molar-refractivity contribution is 5.41. The molecule has 2 aromatic carbocycles. The summed E-state index contributed by atoms with van der Waals surface area (Å²) >= 11 is 0. The molecule has 19 heavy (non-hydrogen) atoms. The van der Waals surface area contributed by atoms with Crippen molar-refractivity contribution in [1.82, 2.24) is 5.32 Å². The molecule has 98 valence electrons. The van der Waals surface area contributed by atoms with Crippen molar-refractivity contribution in [2.24, 2.45) is 0 Å². The molecule has 3 rings (SSSR count). The third-order valence-electron chi connectivity index (χ3n) is 4.12. The number of hydrogen-bond acceptors (Lipinski definition) is 1. The smallest absolute Gasteiger partial charge is 0.123 e. The highest BCUT2D eigenvalue weighted by atomic mass is 19.1. The first-order chi connectivity index (χ1) is 9.28. The summed E-state index contributed by atoms with van der Waals surface area (Å²) in [7, 11) is 2.01. The Hall–Kier alpha value is -1.67. The standard InChI is InChI=1S/C17H18FN/c1-19-17(10-12-6-8-14(18)9-7-12)16-11-13-4-2-3-5-15(13)16/h2-9,16-17,19H,10-11H2,1H3. The Bertz CT molecular complexity index is 562. The first kappa shape index (κ1) is 12.4. The fourth-order valence-corrected chi connectivity index (χ4v) is 2.98. The molecule has 0 heterocycles. The molecule has 2 unspecified atom stereocenters. The topological polar surface area (TPSA) is 12.0 Å². The fraction of sp³-hybridized carbons (Fsp3) is 0.294. The molecule has 1 N–H and O–H groups in total. The molecule has 0 saturated carbocycles. The normalized spacial score (nSPS) is 18.5. The van der Waals surface area contributed by atoms with E-state index >= 15 is 0 Å². The van der Waals surface area contributed by atoms with E-state index in [-0.39, 0.29) is 5.82 Å². The minimum absolute atomic E-state index is 0.168. The van der Waals surface area contributed by atoms with Gasteiger partial charge in [0.25, 0.3) is 0 Å². The number of likely N-dealkylation sites (N-methyl/N-ethyl adjacent to an activating group) is 1. The van der Waals surface area contributed by atoms with Gasteiger partial charge >= 0.3 is 0 Å². The van der Waals surface area contributed by atoms with Gasteiger partial charge < -0.3 is 5.32 Å². The van der Waals surface area contributed by atoms with Crippen molar-refractivity contribution in [2.75, 3.05) is 7.05 Å². The van der Waals surface area contributed by atoms with Crippen LogP contribution in [0.1, 0.15) is 22.6 Å². The van der Waals surface area contributed by atoms with Gasteiger partial charge in [-0.05, 0) is 48.7 Å². The summed E-state index contributed by atoms with van der Waals surface area (Å²) in [4.78, 5) is 0. The molecule has 1 aliphatic carbocycles. The van der Waals surface area contributed by atoms with Crippen LogP contribution >= 0.6 is 0 Å². The first-order valence-corrected chi connectivity index (χ1v) is 6.77. The van der Waals surface area contributed by atoms with Crippen LogP contribution in [-0.4, -0.2) is 13.1 Å². The maximum Gasteiger partial charge on any atom is 0.123 e. The van der Waals surface area contributed by atoms with Gasteiger partial charge in [0.05, 0.1) is 0 Å². The molecule has 0 amide bonds. The van der Waals surface area contributed by atoms with E-state index < -0.39 is 0 Å². The van der Waals surface area contributed by atoms with Crippen molar-refractivity contribution in [3.8, 4) is 0 Å². The number of hydrogen-bond donors (Lipinski definition) is 1. The molecule has 0 aliphatic heterocycles. The highest BCUT2D eigenvalue weighted by Gasteiger charge is 2.31. The predicted octanol–water partition coefficient (Wildman–Crippen LogP) is 3.30. The molecule has 1 nitrogen and oxygen atoms in total. The number of benzene rings is 2. The van der Waals surface area contributed by atoms with Crippen molar-refractivity contribution in [3.63, 3.8) is 0 Å². The van der Waals surface area contributed by atoms with Gasteiger partial charge in [-0.2, -0.15) is 0 Å². The van der Waals surface area contributed by atoms with E-state index in [2.05, 4.69) is 29.6 Å². The van der Waals surface area contributed by atoms with Gasteiger partial charge in [-0.3, -0.25) is 0 Å². The maximum absolute atomic E-state index is 12.9. The zero-order chi connectivity index (χ0) is 13.2. The predicted molar refractivity (Wildman–Crippen MR) is 75.8 cm³/mol. The van der Waals surface area contributed by atoms with E-state index in [0.717, 1.165) is 12.8 Å². The van der Waals surface area contributed by atoms with Crippen LogP contribution < -0.4 is 5.32 Å². The van der Waals surface area contributed by atoms with E-state index in [1.807, 2.05) is 19.2 Å². The lowest BCUT2D eigenvalue weighted by atomic mass is 9.72. The molecule has 2 aromatic rings. The zero-order valence-corrected chi connectivity index (χ0v) is 11.1. The Balaban J connectivity index is 1.74. The Morgan fingerprint density at radius 3 is 2.58 bits per heavy atom. The van der Waals surface area contributed by atoms with Crippen molar-refractivity contribution < 1.29 is 4.39 Å². The van der Waals surface area contributed by atoms with Gasteiger partial charge in [-0.1, -0.05) is 36.4 Å². The van der Waals surface area contributed by atoms with E-state index in [9.17, 15) is 4.39 Å². The van der Waals surface area contributed by atoms with E-state index in [0.29, 0.717) is 12.0 Å². The highest BCUT2D eigenvalue weighted by Crippen LogP contribution is 2.38. The van der Waals surface area contributed by atoms with E-state index in [1.165, 1.54) is 28.8 Å². The number of nitrogens with one attached hydrogen (secondary N) is 1. The molecular weight excluding hydrogens is 237 g/mol. The largest absolute Gasteiger partial charge is 0.316 e. The van der Waals surface area contributed by atoms with Gasteiger partial charge in [-0.25, -0.2) is 4.39 Å². The Labute approximate surface area is 113 Å². The summed E-state index contributed by atoms with van der Waals surface area (Å²) in [5.41, 5.74) is 4.11. The zero-order valence-electron chi connectivity index (χ0n) is 11.1. The minimum atomic E-state index is -0.168. The van der Waals surface area contributed by atoms with Gasteiger partial charge in [0.1, 0.15) is 5.82 Å². The second-order valence-electron chi connectivity index (χ2n) is 5.24. The SMILES string of the molecule is CNC(Cc1ccc(F)cc1)C1Cc2ccccc21. The first-order valence-electron chi connectivity index (χ1n) is 6.77. The van der Waals surface area contributed by atoms with Crippen molar-refractivity contribution >= 4 is 0 Å². The summed E-state index contributed by atoms with van der Waals surface area (Å²) in [6, 6.07) is 15.9. The van der Waals surface area contributed by atoms with Crippen LogP contribution in [0.15, 0.2) is 48.5 Å². The van der Waals surface area contributed by atoms with E-state index in [4.69, 9.17) is 0 Å². The third kappa shape index (κ3) is 2.41. The monoisotopic (exact) mass is 255 g/mol. The van der Waals surface area contributed by atoms with Gasteiger partial charge in [0.15, 0.2) is 0 Å². The molecule has 2 atom stereocenters. The summed E-state index contributed by atoms with van der Waals surface area (Å²) in [6.45, 7) is 0. The van der Waals surface area contributed by atoms with Crippen LogP contribution in [0.25, 0.3) is 0 Å². The molecule has 0 spiro atoms. The van der Waals surface area contributed by atoms with Crippen LogP contribution in [-0.2, 0) is 12.8 Å². The second-order valence-corrected chi connectivity index (χ2v) is 5.24. The molecule has 1 aliphatic rings. The molecular formula is C17H18FN. The van der Waals surface area contributed by atoms with Crippen molar-refractivity contribution in [3.05, 3.63) is 71.0 Å². The Kier molecular flexibility index (Phi) is 3.34. The van der Waals surface area contributed by atoms with Crippen LogP contribution in [0.4, 0.5) is 4.39 Å². The molecule has 2 heteroatoms. The van der Waals surface area contributed by atoms with E-state index in [1.54, 1.807) is 0 Å². The third-order valence-corrected chi connectivity index (χ3v) is 4.12. The lowest BCUT2D eigenvalue weighted by Gasteiger charge is -2.36. The molecule has 0 fully saturated rings. The fourth-order valence-electron chi connectivity index (χ4n) is 2.98. The number of rotatable bonds is 4. The number of halogens is 1. The summed E-state index contributed by atoms with van der Waals surface area (Å²) in [6.07, 6.45) is 2.08. The van der Waals surface area contributed by atoms with Crippen molar-refractivity contribution in [1.29, 1.82) is 0 Å². The van der Waals surface area contributed by atoms with Gasteiger partial charge in [-0.15, -0.1) is 0 Å².